The van der Waals surface area contributed by atoms with Crippen molar-refractivity contribution in [2.75, 3.05) is 0 Å². The molecule has 0 aliphatic rings. The van der Waals surface area contributed by atoms with Crippen molar-refractivity contribution in [1.29, 1.82) is 5.26 Å². The summed E-state index contributed by atoms with van der Waals surface area (Å²) in [5.41, 5.74) is 2.47. The number of pyridine rings is 1. The molecule has 0 amide bonds. The van der Waals surface area contributed by atoms with Crippen LogP contribution in [-0.2, 0) is 6.61 Å². The summed E-state index contributed by atoms with van der Waals surface area (Å²) in [4.78, 5) is 19.7. The minimum atomic E-state index is -0.424. The second kappa shape index (κ2) is 8.41. The maximum atomic E-state index is 13.4. The lowest BCUT2D eigenvalue weighted by molar-refractivity contribution is 0.104. The Morgan fingerprint density at radius 1 is 1.20 bits per heavy atom. The zero-order chi connectivity index (χ0) is 20.9. The summed E-state index contributed by atoms with van der Waals surface area (Å²) in [5, 5.41) is 10.1. The lowest BCUT2D eigenvalue weighted by Crippen LogP contribution is -2.01. The molecule has 0 radical (unpaired) electrons. The van der Waals surface area contributed by atoms with Crippen LogP contribution in [0, 0.1) is 17.1 Å². The first-order valence-corrected chi connectivity index (χ1v) is 9.19. The molecular weight excluding hydrogens is 381 g/mol. The Labute approximate surface area is 172 Å². The number of hydrogen-bond acceptors (Lipinski definition) is 4. The predicted octanol–water partition coefficient (Wildman–Crippen LogP) is 5.07. The second-order valence-corrected chi connectivity index (χ2v) is 6.61. The lowest BCUT2D eigenvalue weighted by atomic mass is 10.0. The monoisotopic (exact) mass is 397 g/mol. The molecule has 30 heavy (non-hydrogen) atoms. The van der Waals surface area contributed by atoms with E-state index in [1.165, 1.54) is 30.5 Å². The van der Waals surface area contributed by atoms with E-state index in [4.69, 9.17) is 4.74 Å². The van der Waals surface area contributed by atoms with Crippen LogP contribution >= 0.6 is 0 Å². The molecule has 2 heterocycles. The molecule has 0 bridgehead atoms. The maximum Gasteiger partial charge on any atom is 0.205 e. The van der Waals surface area contributed by atoms with Gasteiger partial charge in [0.05, 0.1) is 0 Å². The number of aromatic nitrogens is 2. The molecular formula is C24H16FN3O2. The number of rotatable bonds is 6. The number of nitrogens with one attached hydrogen (secondary N) is 1. The topological polar surface area (TPSA) is 78.8 Å². The van der Waals surface area contributed by atoms with E-state index >= 15 is 0 Å². The average Bonchev–Trinajstić information content (AvgIpc) is 3.20. The summed E-state index contributed by atoms with van der Waals surface area (Å²) in [5.74, 6) is -0.156. The molecule has 0 unspecified atom stereocenters. The van der Waals surface area contributed by atoms with E-state index in [-0.39, 0.29) is 5.57 Å². The van der Waals surface area contributed by atoms with Crippen molar-refractivity contribution in [3.63, 3.8) is 0 Å². The molecule has 0 aliphatic carbocycles. The number of allylic oxidation sites excluding steroid dienone is 1. The third-order valence-corrected chi connectivity index (χ3v) is 4.57. The molecule has 0 saturated heterocycles. The van der Waals surface area contributed by atoms with Crippen LogP contribution < -0.4 is 4.74 Å². The van der Waals surface area contributed by atoms with E-state index in [9.17, 15) is 14.4 Å². The normalized spacial score (nSPS) is 11.3. The summed E-state index contributed by atoms with van der Waals surface area (Å²) < 4.78 is 19.1. The minimum absolute atomic E-state index is 0.00995. The molecule has 2 aromatic heterocycles. The van der Waals surface area contributed by atoms with Gasteiger partial charge in [-0.05, 0) is 48.0 Å². The van der Waals surface area contributed by atoms with Crippen LogP contribution in [0.4, 0.5) is 4.39 Å². The van der Waals surface area contributed by atoms with Gasteiger partial charge in [0.15, 0.2) is 0 Å². The van der Waals surface area contributed by atoms with Gasteiger partial charge < -0.3 is 9.72 Å². The Bertz CT molecular complexity index is 1270. The Morgan fingerprint density at radius 3 is 2.77 bits per heavy atom. The van der Waals surface area contributed by atoms with Crippen molar-refractivity contribution in [1.82, 2.24) is 9.97 Å². The zero-order valence-electron chi connectivity index (χ0n) is 15.8. The highest BCUT2D eigenvalue weighted by atomic mass is 19.1. The molecule has 0 spiro atoms. The Morgan fingerprint density at radius 2 is 2.03 bits per heavy atom. The van der Waals surface area contributed by atoms with Crippen LogP contribution in [0.25, 0.3) is 17.0 Å². The summed E-state index contributed by atoms with van der Waals surface area (Å²) in [7, 11) is 0. The molecule has 1 N–H and O–H groups in total. The highest BCUT2D eigenvalue weighted by molar-refractivity contribution is 6.19. The largest absolute Gasteiger partial charge is 0.489 e. The highest BCUT2D eigenvalue weighted by Gasteiger charge is 2.17. The van der Waals surface area contributed by atoms with Gasteiger partial charge in [-0.25, -0.2) is 4.39 Å². The summed E-state index contributed by atoms with van der Waals surface area (Å²) in [6, 6.07) is 16.9. The first-order chi connectivity index (χ1) is 14.6. The number of ketones is 1. The van der Waals surface area contributed by atoms with Gasteiger partial charge in [-0.15, -0.1) is 0 Å². The number of aromatic amines is 1. The van der Waals surface area contributed by atoms with Gasteiger partial charge in [-0.2, -0.15) is 5.26 Å². The fraction of sp³-hybridized carbons (Fsp3) is 0.0417. The van der Waals surface area contributed by atoms with E-state index < -0.39 is 11.6 Å². The van der Waals surface area contributed by atoms with Crippen molar-refractivity contribution in [2.24, 2.45) is 0 Å². The second-order valence-electron chi connectivity index (χ2n) is 6.61. The molecule has 146 valence electrons. The van der Waals surface area contributed by atoms with Gasteiger partial charge in [0, 0.05) is 40.6 Å². The predicted molar refractivity (Wildman–Crippen MR) is 111 cm³/mol. The number of benzene rings is 2. The Kier molecular flexibility index (Phi) is 5.35. The molecule has 6 heteroatoms. The number of halogens is 1. The quantitative estimate of drug-likeness (QED) is 0.280. The van der Waals surface area contributed by atoms with Crippen LogP contribution in [-0.4, -0.2) is 15.8 Å². The summed E-state index contributed by atoms with van der Waals surface area (Å²) in [6.45, 7) is 0.395. The number of ether oxygens (including phenoxy) is 1. The number of carbonyl (C=O) groups excluding carboxylic acids is 1. The van der Waals surface area contributed by atoms with E-state index in [1.807, 2.05) is 18.2 Å². The van der Waals surface area contributed by atoms with Gasteiger partial charge in [-0.1, -0.05) is 18.2 Å². The van der Waals surface area contributed by atoms with E-state index in [0.717, 1.165) is 5.56 Å². The van der Waals surface area contributed by atoms with Crippen LogP contribution in [0.5, 0.6) is 5.75 Å². The van der Waals surface area contributed by atoms with E-state index in [1.54, 1.807) is 36.7 Å². The third-order valence-electron chi connectivity index (χ3n) is 4.57. The summed E-state index contributed by atoms with van der Waals surface area (Å²) in [6.07, 6.45) is 6.46. The van der Waals surface area contributed by atoms with Crippen LogP contribution in [0.3, 0.4) is 0 Å². The number of carbonyl (C=O) groups is 1. The molecule has 2 aromatic carbocycles. The fourth-order valence-corrected chi connectivity index (χ4v) is 3.06. The van der Waals surface area contributed by atoms with Crippen molar-refractivity contribution in [3.8, 4) is 11.8 Å². The van der Waals surface area contributed by atoms with Gasteiger partial charge >= 0.3 is 0 Å². The third kappa shape index (κ3) is 4.10. The molecule has 4 aromatic rings. The highest BCUT2D eigenvalue weighted by Crippen LogP contribution is 2.23. The number of nitrogens with zero attached hydrogens (tertiary/aromatic N) is 2. The van der Waals surface area contributed by atoms with Crippen LogP contribution in [0.1, 0.15) is 21.5 Å². The Hall–Kier alpha value is -4.24. The van der Waals surface area contributed by atoms with Crippen molar-refractivity contribution in [2.45, 2.75) is 6.61 Å². The molecule has 0 atom stereocenters. The van der Waals surface area contributed by atoms with Gasteiger partial charge in [0.2, 0.25) is 5.78 Å². The van der Waals surface area contributed by atoms with E-state index in [2.05, 4.69) is 9.97 Å². The number of fused-ring (bicyclic) bond motifs is 1. The van der Waals surface area contributed by atoms with Gasteiger partial charge in [0.25, 0.3) is 0 Å². The lowest BCUT2D eigenvalue weighted by Gasteiger charge is -2.06. The molecule has 5 nitrogen and oxygen atoms in total. The van der Waals surface area contributed by atoms with Gasteiger partial charge in [-0.3, -0.25) is 9.78 Å². The zero-order valence-corrected chi connectivity index (χ0v) is 15.8. The molecule has 4 rings (SSSR count). The number of nitriles is 1. The smallest absolute Gasteiger partial charge is 0.205 e. The standard InChI is InChI=1S/C24H16FN3O2/c25-19-5-8-21-22(14-28-23(21)11-19)24(29)18(12-26)10-16-3-6-20(7-4-16)30-15-17-2-1-9-27-13-17/h1-11,13-14,28H,15H2/b18-10-. The first kappa shape index (κ1) is 19.1. The minimum Gasteiger partial charge on any atom is -0.489 e. The maximum absolute atomic E-state index is 13.4. The summed E-state index contributed by atoms with van der Waals surface area (Å²) >= 11 is 0. The van der Waals surface area contributed by atoms with E-state index in [0.29, 0.717) is 34.4 Å². The van der Waals surface area contributed by atoms with Crippen molar-refractivity contribution >= 4 is 22.8 Å². The average molecular weight is 397 g/mol. The van der Waals surface area contributed by atoms with Crippen molar-refractivity contribution in [3.05, 3.63) is 101 Å². The number of Topliss-reactive ketones (excluding diaryl/α,β-unsaturated/α-hetero) is 1. The SMILES string of the molecule is N#C/C(=C/c1ccc(OCc2cccnc2)cc1)C(=O)c1c[nH]c2cc(F)ccc12. The molecule has 0 fully saturated rings. The van der Waals surface area contributed by atoms with Crippen LogP contribution in [0.15, 0.2) is 78.8 Å². The molecule has 0 aliphatic heterocycles. The Balaban J connectivity index is 1.52. The molecule has 0 saturated carbocycles. The number of H-pyrrole nitrogens is 1. The number of hydrogen-bond donors (Lipinski definition) is 1. The van der Waals surface area contributed by atoms with Crippen LogP contribution in [0.2, 0.25) is 0 Å². The fourth-order valence-electron chi connectivity index (χ4n) is 3.06. The van der Waals surface area contributed by atoms with Gasteiger partial charge in [0.1, 0.15) is 29.8 Å². The van der Waals surface area contributed by atoms with Crippen molar-refractivity contribution < 1.29 is 13.9 Å². The first-order valence-electron chi connectivity index (χ1n) is 9.19.